The van der Waals surface area contributed by atoms with Crippen LogP contribution in [0.15, 0.2) is 4.99 Å². The highest BCUT2D eigenvalue weighted by Crippen LogP contribution is 2.21. The van der Waals surface area contributed by atoms with Gasteiger partial charge in [-0.05, 0) is 44.9 Å². The van der Waals surface area contributed by atoms with E-state index in [1.54, 1.807) is 0 Å². The predicted molar refractivity (Wildman–Crippen MR) is 104 cm³/mol. The minimum Gasteiger partial charge on any atom is -0.382 e. The molecule has 4 nitrogen and oxygen atoms in total. The Morgan fingerprint density at radius 1 is 1.24 bits per heavy atom. The number of nitrogens with one attached hydrogen (secondary N) is 2. The number of guanidine groups is 1. The van der Waals surface area contributed by atoms with E-state index >= 15 is 0 Å². The molecule has 2 N–H and O–H groups in total. The maximum Gasteiger partial charge on any atom is 0.191 e. The second-order valence-corrected chi connectivity index (χ2v) is 6.55. The Hall–Kier alpha value is -0.0400. The number of aliphatic imine (C=N–C) groups is 1. The third-order valence-electron chi connectivity index (χ3n) is 3.15. The molecule has 0 fully saturated rings. The number of ether oxygens (including phenoxy) is 1. The summed E-state index contributed by atoms with van der Waals surface area (Å²) in [5.74, 6) is 0.905. The predicted octanol–water partition coefficient (Wildman–Crippen LogP) is 3.80. The first-order valence-electron chi connectivity index (χ1n) is 7.94. The smallest absolute Gasteiger partial charge is 0.191 e. The van der Waals surface area contributed by atoms with E-state index in [2.05, 4.69) is 43.3 Å². The molecule has 0 rings (SSSR count). The van der Waals surface area contributed by atoms with Crippen molar-refractivity contribution in [3.63, 3.8) is 0 Å². The minimum absolute atomic E-state index is 0. The SMILES string of the molecule is CCOCCCCNC(=NC)NC(C)CCC(C)(C)C.I. The maximum atomic E-state index is 5.32. The monoisotopic (exact) mass is 413 g/mol. The molecule has 0 saturated carbocycles. The molecule has 128 valence electrons. The van der Waals surface area contributed by atoms with Crippen LogP contribution in [-0.4, -0.2) is 38.8 Å². The zero-order valence-electron chi connectivity index (χ0n) is 14.8. The summed E-state index contributed by atoms with van der Waals surface area (Å²) in [6.45, 7) is 13.7. The summed E-state index contributed by atoms with van der Waals surface area (Å²) in [6, 6.07) is 0.448. The van der Waals surface area contributed by atoms with Gasteiger partial charge in [0.1, 0.15) is 0 Å². The van der Waals surface area contributed by atoms with Crippen molar-refractivity contribution in [1.29, 1.82) is 0 Å². The molecule has 0 saturated heterocycles. The second-order valence-electron chi connectivity index (χ2n) is 6.55. The van der Waals surface area contributed by atoms with Crippen LogP contribution in [0.2, 0.25) is 0 Å². The molecule has 0 spiro atoms. The number of hydrogen-bond acceptors (Lipinski definition) is 2. The van der Waals surface area contributed by atoms with Crippen molar-refractivity contribution in [3.8, 4) is 0 Å². The van der Waals surface area contributed by atoms with E-state index in [1.807, 2.05) is 14.0 Å². The number of hydrogen-bond donors (Lipinski definition) is 2. The Bertz CT molecular complexity index is 265. The topological polar surface area (TPSA) is 45.6 Å². The maximum absolute atomic E-state index is 5.32. The van der Waals surface area contributed by atoms with Gasteiger partial charge in [0, 0.05) is 32.8 Å². The van der Waals surface area contributed by atoms with Crippen LogP contribution in [0.1, 0.15) is 60.3 Å². The highest BCUT2D eigenvalue weighted by atomic mass is 127. The summed E-state index contributed by atoms with van der Waals surface area (Å²) in [4.78, 5) is 4.27. The zero-order valence-corrected chi connectivity index (χ0v) is 17.1. The van der Waals surface area contributed by atoms with Crippen LogP contribution in [0.25, 0.3) is 0 Å². The Morgan fingerprint density at radius 2 is 1.90 bits per heavy atom. The van der Waals surface area contributed by atoms with Gasteiger partial charge in [0.05, 0.1) is 0 Å². The summed E-state index contributed by atoms with van der Waals surface area (Å²) in [5, 5.41) is 6.81. The largest absolute Gasteiger partial charge is 0.382 e. The van der Waals surface area contributed by atoms with Gasteiger partial charge in [-0.2, -0.15) is 0 Å². The Labute approximate surface area is 148 Å². The summed E-state index contributed by atoms with van der Waals surface area (Å²) >= 11 is 0. The zero-order chi connectivity index (χ0) is 15.4. The first-order chi connectivity index (χ1) is 9.39. The van der Waals surface area contributed by atoms with E-state index in [0.717, 1.165) is 45.0 Å². The molecule has 0 radical (unpaired) electrons. The van der Waals surface area contributed by atoms with E-state index in [1.165, 1.54) is 6.42 Å². The van der Waals surface area contributed by atoms with Gasteiger partial charge in [0.15, 0.2) is 5.96 Å². The molecule has 0 aliphatic heterocycles. The highest BCUT2D eigenvalue weighted by Gasteiger charge is 2.13. The first kappa shape index (κ1) is 23.2. The minimum atomic E-state index is 0. The van der Waals surface area contributed by atoms with Crippen molar-refractivity contribution in [1.82, 2.24) is 10.6 Å². The van der Waals surface area contributed by atoms with Crippen LogP contribution < -0.4 is 10.6 Å². The van der Waals surface area contributed by atoms with E-state index in [0.29, 0.717) is 11.5 Å². The fourth-order valence-corrected chi connectivity index (χ4v) is 1.83. The molecule has 1 unspecified atom stereocenters. The molecular weight excluding hydrogens is 377 g/mol. The molecular formula is C16H36IN3O. The van der Waals surface area contributed by atoms with Gasteiger partial charge in [0.25, 0.3) is 0 Å². The van der Waals surface area contributed by atoms with Crippen LogP contribution in [0.4, 0.5) is 0 Å². The Balaban J connectivity index is 0. The molecule has 0 aliphatic rings. The van der Waals surface area contributed by atoms with Crippen molar-refractivity contribution in [3.05, 3.63) is 0 Å². The lowest BCUT2D eigenvalue weighted by Crippen LogP contribution is -2.42. The first-order valence-corrected chi connectivity index (χ1v) is 7.94. The fourth-order valence-electron chi connectivity index (χ4n) is 1.83. The number of unbranched alkanes of at least 4 members (excludes halogenated alkanes) is 1. The standard InChI is InChI=1S/C16H35N3O.HI/c1-7-20-13-9-8-12-18-15(17-6)19-14(2)10-11-16(3,4)5;/h14H,7-13H2,1-6H3,(H2,17,18,19);1H. The van der Waals surface area contributed by atoms with E-state index in [9.17, 15) is 0 Å². The van der Waals surface area contributed by atoms with Crippen LogP contribution in [0.3, 0.4) is 0 Å². The number of halogens is 1. The van der Waals surface area contributed by atoms with Gasteiger partial charge < -0.3 is 15.4 Å². The van der Waals surface area contributed by atoms with Gasteiger partial charge in [-0.1, -0.05) is 20.8 Å². The highest BCUT2D eigenvalue weighted by molar-refractivity contribution is 14.0. The average molecular weight is 413 g/mol. The summed E-state index contributed by atoms with van der Waals surface area (Å²) in [7, 11) is 1.83. The van der Waals surface area contributed by atoms with Gasteiger partial charge >= 0.3 is 0 Å². The van der Waals surface area contributed by atoms with Crippen LogP contribution in [-0.2, 0) is 4.74 Å². The molecule has 0 amide bonds. The molecule has 0 aromatic carbocycles. The van der Waals surface area contributed by atoms with Crippen molar-refractivity contribution < 1.29 is 4.74 Å². The van der Waals surface area contributed by atoms with Gasteiger partial charge in [-0.15, -0.1) is 24.0 Å². The quantitative estimate of drug-likeness (QED) is 0.262. The van der Waals surface area contributed by atoms with Crippen molar-refractivity contribution in [2.75, 3.05) is 26.8 Å². The van der Waals surface area contributed by atoms with Crippen molar-refractivity contribution in [2.24, 2.45) is 10.4 Å². The van der Waals surface area contributed by atoms with Crippen molar-refractivity contribution >= 4 is 29.9 Å². The summed E-state index contributed by atoms with van der Waals surface area (Å²) in [5.41, 5.74) is 0.395. The molecule has 21 heavy (non-hydrogen) atoms. The lowest BCUT2D eigenvalue weighted by Gasteiger charge is -2.23. The number of rotatable bonds is 9. The molecule has 0 aromatic heterocycles. The third-order valence-corrected chi connectivity index (χ3v) is 3.15. The normalized spacial score (nSPS) is 13.5. The second kappa shape index (κ2) is 13.6. The molecule has 5 heteroatoms. The van der Waals surface area contributed by atoms with Gasteiger partial charge in [-0.3, -0.25) is 4.99 Å². The number of nitrogens with zero attached hydrogens (tertiary/aromatic N) is 1. The van der Waals surface area contributed by atoms with Crippen LogP contribution in [0.5, 0.6) is 0 Å². The van der Waals surface area contributed by atoms with Crippen molar-refractivity contribution in [2.45, 2.75) is 66.3 Å². The lowest BCUT2D eigenvalue weighted by molar-refractivity contribution is 0.143. The molecule has 0 aromatic rings. The van der Waals surface area contributed by atoms with Crippen LogP contribution >= 0.6 is 24.0 Å². The average Bonchev–Trinajstić information content (AvgIpc) is 2.38. The van der Waals surface area contributed by atoms with Gasteiger partial charge in [0.2, 0.25) is 0 Å². The van der Waals surface area contributed by atoms with E-state index < -0.39 is 0 Å². The van der Waals surface area contributed by atoms with E-state index in [4.69, 9.17) is 4.74 Å². The lowest BCUT2D eigenvalue weighted by atomic mass is 9.89. The van der Waals surface area contributed by atoms with Gasteiger partial charge in [-0.25, -0.2) is 0 Å². The summed E-state index contributed by atoms with van der Waals surface area (Å²) < 4.78 is 5.32. The molecule has 0 heterocycles. The molecule has 0 aliphatic carbocycles. The third kappa shape index (κ3) is 16.2. The Morgan fingerprint density at radius 3 is 2.43 bits per heavy atom. The van der Waals surface area contributed by atoms with E-state index in [-0.39, 0.29) is 24.0 Å². The Kier molecular flexibility index (Phi) is 15.1. The molecule has 1 atom stereocenters. The fraction of sp³-hybridized carbons (Fsp3) is 0.938. The van der Waals surface area contributed by atoms with Crippen LogP contribution in [0, 0.1) is 5.41 Å². The molecule has 0 bridgehead atoms. The summed E-state index contributed by atoms with van der Waals surface area (Å²) in [6.07, 6.45) is 4.58.